The van der Waals surface area contributed by atoms with Crippen molar-refractivity contribution in [1.29, 1.82) is 0 Å². The van der Waals surface area contributed by atoms with Crippen LogP contribution >= 0.6 is 0 Å². The van der Waals surface area contributed by atoms with Crippen molar-refractivity contribution in [2.45, 2.75) is 504 Å². The quantitative estimate of drug-likeness (QED) is 0.0597. The van der Waals surface area contributed by atoms with Gasteiger partial charge in [-0.25, -0.2) is 0 Å². The first-order chi connectivity index (χ1) is 42.5. The highest BCUT2D eigenvalue weighted by atomic mass is 16.4. The van der Waals surface area contributed by atoms with Crippen LogP contribution in [0.5, 0.6) is 0 Å². The molecule has 0 aromatic carbocycles. The summed E-state index contributed by atoms with van der Waals surface area (Å²) in [5.41, 5.74) is 2.54. The van der Waals surface area contributed by atoms with Gasteiger partial charge in [0.1, 0.15) is 0 Å². The van der Waals surface area contributed by atoms with Crippen molar-refractivity contribution >= 4 is 5.97 Å². The fourth-order valence-corrected chi connectivity index (χ4v) is 16.5. The molecule has 0 aromatic heterocycles. The average Bonchev–Trinajstić information content (AvgIpc) is 2.61. The van der Waals surface area contributed by atoms with Crippen molar-refractivity contribution in [3.63, 3.8) is 0 Å². The second-order valence-corrected chi connectivity index (χ2v) is 32.3. The van der Waals surface area contributed by atoms with Crippen molar-refractivity contribution in [2.75, 3.05) is 0 Å². The fraction of sp³-hybridized carbons (Fsp3) is 0.988. The van der Waals surface area contributed by atoms with Crippen molar-refractivity contribution in [3.8, 4) is 0 Å². The molecule has 0 saturated heterocycles. The van der Waals surface area contributed by atoms with E-state index in [2.05, 4.69) is 41.5 Å². The lowest BCUT2D eigenvalue weighted by atomic mass is 9.86. The molecule has 0 aliphatic heterocycles. The highest BCUT2D eigenvalue weighted by Gasteiger charge is 2.59. The Morgan fingerprint density at radius 3 is 0.575 bits per heavy atom. The molecule has 2 N–H and O–H groups in total. The van der Waals surface area contributed by atoms with Crippen molar-refractivity contribution in [3.05, 3.63) is 0 Å². The molecular weight excluding hydrogens is 1060 g/mol. The zero-order valence-corrected chi connectivity index (χ0v) is 61.2. The Morgan fingerprint density at radius 2 is 0.402 bits per heavy atom. The molecule has 3 nitrogen and oxygen atoms in total. The lowest BCUT2D eigenvalue weighted by Gasteiger charge is -2.19. The number of carbonyl (C=O) groups is 1. The Bertz CT molecular complexity index is 1460. The Morgan fingerprint density at radius 1 is 0.253 bits per heavy atom. The SMILES string of the molecule is CCCCCCCCCCCCCCCCCCCCCCCCC(C(=O)O)C(O)CCCCCCCCCCCCC[C@@]1(C)C[C@@]1(C)CCCCCCCCCCCCCC[C@@]1(C)C[C@@]1(C)CCCCCCCCCCCCCCCCCCCC. The molecule has 3 heteroatoms. The maximum Gasteiger partial charge on any atom is 0.309 e. The zero-order valence-electron chi connectivity index (χ0n) is 61.2. The standard InChI is InChI=1S/C84H164O3/c1-7-9-11-13-15-17-19-21-23-25-27-28-29-30-31-33-35-40-46-52-58-64-70-78(80(86)87)79(85)71-65-59-53-47-41-39-45-51-57-63-69-75-84(6)77-83(84,5)74-68-62-56-50-44-38-37-43-49-55-61-67-73-82(4)76-81(82,3)72-66-60-54-48-42-36-34-32-26-24-22-20-18-16-14-12-10-8-2/h78-79,85H,7-77H2,1-6H3,(H,86,87)/t78?,79?,81-,82+,83-,84+/m1/s1. The van der Waals surface area contributed by atoms with E-state index in [1.807, 2.05) is 0 Å². The number of hydrogen-bond donors (Lipinski definition) is 2. The van der Waals surface area contributed by atoms with Crippen LogP contribution in [0, 0.1) is 27.6 Å². The normalized spacial score (nSPS) is 20.6. The molecule has 2 aliphatic rings. The molecule has 2 rings (SSSR count). The maximum atomic E-state index is 12.0. The van der Waals surface area contributed by atoms with Crippen LogP contribution in [0.15, 0.2) is 0 Å². The molecule has 2 saturated carbocycles. The summed E-state index contributed by atoms with van der Waals surface area (Å²) in [5, 5.41) is 20.6. The van der Waals surface area contributed by atoms with Crippen LogP contribution < -0.4 is 0 Å². The molecule has 0 aromatic rings. The third-order valence-electron chi connectivity index (χ3n) is 23.9. The van der Waals surface area contributed by atoms with Gasteiger partial charge in [-0.1, -0.05) is 446 Å². The maximum absolute atomic E-state index is 12.0. The van der Waals surface area contributed by atoms with Gasteiger partial charge in [0.15, 0.2) is 0 Å². The van der Waals surface area contributed by atoms with E-state index in [0.29, 0.717) is 34.5 Å². The summed E-state index contributed by atoms with van der Waals surface area (Å²) >= 11 is 0. The van der Waals surface area contributed by atoms with E-state index in [1.54, 1.807) is 0 Å². The highest BCUT2D eigenvalue weighted by molar-refractivity contribution is 5.70. The van der Waals surface area contributed by atoms with E-state index < -0.39 is 18.0 Å². The smallest absolute Gasteiger partial charge is 0.309 e. The molecule has 0 amide bonds. The summed E-state index contributed by atoms with van der Waals surface area (Å²) in [6, 6.07) is 0. The van der Waals surface area contributed by atoms with E-state index >= 15 is 0 Å². The second kappa shape index (κ2) is 56.9. The minimum Gasteiger partial charge on any atom is -0.481 e. The number of aliphatic hydroxyl groups is 1. The molecule has 518 valence electrons. The average molecular weight is 1220 g/mol. The molecular formula is C84H164O3. The second-order valence-electron chi connectivity index (χ2n) is 32.3. The van der Waals surface area contributed by atoms with Gasteiger partial charge in [0.05, 0.1) is 12.0 Å². The third-order valence-corrected chi connectivity index (χ3v) is 23.9. The summed E-state index contributed by atoms with van der Waals surface area (Å²) < 4.78 is 0. The van der Waals surface area contributed by atoms with Crippen LogP contribution in [0.3, 0.4) is 0 Å². The largest absolute Gasteiger partial charge is 0.481 e. The van der Waals surface area contributed by atoms with Gasteiger partial charge < -0.3 is 10.2 Å². The van der Waals surface area contributed by atoms with Crippen molar-refractivity contribution < 1.29 is 15.0 Å². The first-order valence-electron chi connectivity index (χ1n) is 41.4. The van der Waals surface area contributed by atoms with Gasteiger partial charge in [-0.3, -0.25) is 4.79 Å². The number of unbranched alkanes of at least 4 members (excludes halogenated alkanes) is 59. The predicted octanol–water partition coefficient (Wildman–Crippen LogP) is 29.8. The molecule has 6 atom stereocenters. The predicted molar refractivity (Wildman–Crippen MR) is 389 cm³/mol. The summed E-state index contributed by atoms with van der Waals surface area (Å²) in [7, 11) is 0. The molecule has 2 fully saturated rings. The highest BCUT2D eigenvalue weighted by Crippen LogP contribution is 2.69. The van der Waals surface area contributed by atoms with Gasteiger partial charge in [-0.2, -0.15) is 0 Å². The summed E-state index contributed by atoms with van der Waals surface area (Å²) in [6.45, 7) is 15.1. The molecule has 0 bridgehead atoms. The number of hydrogen-bond acceptors (Lipinski definition) is 2. The van der Waals surface area contributed by atoms with Crippen molar-refractivity contribution in [2.24, 2.45) is 27.6 Å². The summed E-state index contributed by atoms with van der Waals surface area (Å²) in [4.78, 5) is 12.0. The van der Waals surface area contributed by atoms with Crippen LogP contribution in [0.4, 0.5) is 0 Å². The topological polar surface area (TPSA) is 57.5 Å². The van der Waals surface area contributed by atoms with Crippen LogP contribution in [-0.4, -0.2) is 22.3 Å². The molecule has 0 spiro atoms. The molecule has 0 radical (unpaired) electrons. The Kier molecular flexibility index (Phi) is 54.0. The third kappa shape index (κ3) is 45.4. The molecule has 0 heterocycles. The van der Waals surface area contributed by atoms with E-state index in [0.717, 1.165) is 25.7 Å². The van der Waals surface area contributed by atoms with E-state index in [-0.39, 0.29) is 0 Å². The van der Waals surface area contributed by atoms with Crippen LogP contribution in [-0.2, 0) is 4.79 Å². The van der Waals surface area contributed by atoms with Crippen LogP contribution in [0.25, 0.3) is 0 Å². The lowest BCUT2D eigenvalue weighted by molar-refractivity contribution is -0.146. The number of rotatable bonds is 73. The fourth-order valence-electron chi connectivity index (χ4n) is 16.5. The Labute approximate surface area is 549 Å². The van der Waals surface area contributed by atoms with Crippen molar-refractivity contribution in [1.82, 2.24) is 0 Å². The molecule has 2 unspecified atom stereocenters. The van der Waals surface area contributed by atoms with Gasteiger partial charge in [0.2, 0.25) is 0 Å². The van der Waals surface area contributed by atoms with E-state index in [9.17, 15) is 15.0 Å². The van der Waals surface area contributed by atoms with E-state index in [4.69, 9.17) is 0 Å². The van der Waals surface area contributed by atoms with Gasteiger partial charge >= 0.3 is 5.97 Å². The van der Waals surface area contributed by atoms with Gasteiger partial charge in [-0.05, 0) is 73.0 Å². The minimum absolute atomic E-state index is 0.585. The number of carboxylic acid groups (broad SMARTS) is 1. The van der Waals surface area contributed by atoms with Gasteiger partial charge in [0, 0.05) is 0 Å². The van der Waals surface area contributed by atoms with E-state index in [1.165, 1.54) is 417 Å². The first-order valence-corrected chi connectivity index (χ1v) is 41.4. The number of aliphatic carboxylic acids is 1. The first kappa shape index (κ1) is 82.5. The summed E-state index contributed by atoms with van der Waals surface area (Å²) in [5.74, 6) is -1.38. The molecule has 87 heavy (non-hydrogen) atoms. The van der Waals surface area contributed by atoms with Gasteiger partial charge in [-0.15, -0.1) is 0 Å². The van der Waals surface area contributed by atoms with Crippen LogP contribution in [0.1, 0.15) is 497 Å². The Balaban J connectivity index is 1.27. The zero-order chi connectivity index (χ0) is 62.9. The van der Waals surface area contributed by atoms with Gasteiger partial charge in [0.25, 0.3) is 0 Å². The summed E-state index contributed by atoms with van der Waals surface area (Å²) in [6.07, 6.45) is 98.0. The minimum atomic E-state index is -0.797. The van der Waals surface area contributed by atoms with Crippen LogP contribution in [0.2, 0.25) is 0 Å². The number of carboxylic acids is 1. The monoisotopic (exact) mass is 1220 g/mol. The lowest BCUT2D eigenvalue weighted by Crippen LogP contribution is -2.28. The number of aliphatic hydroxyl groups excluding tert-OH is 1. The molecule has 2 aliphatic carbocycles. The Hall–Kier alpha value is -0.570.